The molecule has 0 spiro atoms. The number of ether oxygens (including phenoxy) is 2. The molecule has 1 aromatic heterocycles. The molecule has 0 saturated heterocycles. The fraction of sp³-hybridized carbons (Fsp3) is 0.100. The van der Waals surface area contributed by atoms with Gasteiger partial charge < -0.3 is 9.47 Å². The zero-order valence-corrected chi connectivity index (χ0v) is 14.8. The third-order valence-corrected chi connectivity index (χ3v) is 3.85. The maximum atomic E-state index is 12.3. The molecule has 0 aliphatic rings. The summed E-state index contributed by atoms with van der Waals surface area (Å²) in [5.41, 5.74) is 1.74. The van der Waals surface area contributed by atoms with E-state index in [0.29, 0.717) is 28.7 Å². The zero-order chi connectivity index (χ0) is 21.9. The van der Waals surface area contributed by atoms with E-state index in [-0.39, 0.29) is 5.56 Å². The lowest BCUT2D eigenvalue weighted by atomic mass is 10.0. The normalized spacial score (nSPS) is 11.8. The standard InChI is InChI=1S/C20H11F6NO3/c21-19(22,23)29-15-5-1-12(2-6-15)17-10-27-18(9-14(17)11-28)13-3-7-16(8-4-13)30-20(24,25)26/h1-11H. The van der Waals surface area contributed by atoms with Crippen LogP contribution in [-0.2, 0) is 0 Å². The Labute approximate surface area is 165 Å². The van der Waals surface area contributed by atoms with Crippen molar-refractivity contribution >= 4 is 6.29 Å². The van der Waals surface area contributed by atoms with Crippen LogP contribution < -0.4 is 9.47 Å². The quantitative estimate of drug-likeness (QED) is 0.369. The summed E-state index contributed by atoms with van der Waals surface area (Å²) in [5, 5.41) is 0. The molecule has 10 heteroatoms. The number of halogens is 6. The number of rotatable bonds is 5. The molecule has 30 heavy (non-hydrogen) atoms. The van der Waals surface area contributed by atoms with Crippen LogP contribution in [0.15, 0.2) is 60.8 Å². The molecule has 0 N–H and O–H groups in total. The Morgan fingerprint density at radius 3 is 1.63 bits per heavy atom. The third kappa shape index (κ3) is 5.49. The van der Waals surface area contributed by atoms with E-state index in [9.17, 15) is 31.1 Å². The number of carbonyl (C=O) groups excluding carboxylic acids is 1. The predicted octanol–water partition coefficient (Wildman–Crippen LogP) is 6.03. The molecular weight excluding hydrogens is 416 g/mol. The molecular formula is C20H11F6NO3. The Hall–Kier alpha value is -3.56. The van der Waals surface area contributed by atoms with Gasteiger partial charge in [0.25, 0.3) is 0 Å². The number of aromatic nitrogens is 1. The first-order valence-corrected chi connectivity index (χ1v) is 8.22. The van der Waals surface area contributed by atoms with E-state index < -0.39 is 24.2 Å². The summed E-state index contributed by atoms with van der Waals surface area (Å²) >= 11 is 0. The van der Waals surface area contributed by atoms with Crippen molar-refractivity contribution in [2.45, 2.75) is 12.7 Å². The lowest BCUT2D eigenvalue weighted by molar-refractivity contribution is -0.275. The predicted molar refractivity (Wildman–Crippen MR) is 93.9 cm³/mol. The van der Waals surface area contributed by atoms with Crippen molar-refractivity contribution in [1.29, 1.82) is 0 Å². The van der Waals surface area contributed by atoms with Crippen LogP contribution in [0.4, 0.5) is 26.3 Å². The Bertz CT molecular complexity index is 1030. The van der Waals surface area contributed by atoms with E-state index in [4.69, 9.17) is 0 Å². The van der Waals surface area contributed by atoms with E-state index in [0.717, 1.165) is 24.3 Å². The summed E-state index contributed by atoms with van der Waals surface area (Å²) < 4.78 is 81.1. The fourth-order valence-corrected chi connectivity index (χ4v) is 2.63. The number of hydrogen-bond acceptors (Lipinski definition) is 4. The molecule has 0 saturated carbocycles. The van der Waals surface area contributed by atoms with E-state index in [2.05, 4.69) is 14.5 Å². The van der Waals surface area contributed by atoms with Crippen molar-refractivity contribution in [2.24, 2.45) is 0 Å². The van der Waals surface area contributed by atoms with E-state index in [1.807, 2.05) is 0 Å². The molecule has 156 valence electrons. The number of alkyl halides is 6. The van der Waals surface area contributed by atoms with Gasteiger partial charge in [0.05, 0.1) is 5.69 Å². The average Bonchev–Trinajstić information content (AvgIpc) is 2.66. The molecule has 3 aromatic rings. The topological polar surface area (TPSA) is 48.4 Å². The van der Waals surface area contributed by atoms with Crippen LogP contribution in [0.2, 0.25) is 0 Å². The van der Waals surface area contributed by atoms with Gasteiger partial charge in [0.1, 0.15) is 11.5 Å². The number of hydrogen-bond donors (Lipinski definition) is 0. The molecule has 0 aliphatic carbocycles. The van der Waals surface area contributed by atoms with Crippen LogP contribution in [0.25, 0.3) is 22.4 Å². The first-order chi connectivity index (χ1) is 14.0. The van der Waals surface area contributed by atoms with Crippen molar-refractivity contribution in [3.05, 3.63) is 66.4 Å². The van der Waals surface area contributed by atoms with Gasteiger partial charge in [0.15, 0.2) is 6.29 Å². The second kappa shape index (κ2) is 8.05. The summed E-state index contributed by atoms with van der Waals surface area (Å²) in [6.45, 7) is 0. The van der Waals surface area contributed by atoms with Crippen LogP contribution in [0, 0.1) is 0 Å². The number of benzene rings is 2. The highest BCUT2D eigenvalue weighted by molar-refractivity contribution is 5.89. The molecule has 0 fully saturated rings. The minimum Gasteiger partial charge on any atom is -0.406 e. The zero-order valence-electron chi connectivity index (χ0n) is 14.8. The van der Waals surface area contributed by atoms with Crippen LogP contribution >= 0.6 is 0 Å². The molecule has 0 aliphatic heterocycles. The van der Waals surface area contributed by atoms with Crippen molar-refractivity contribution in [3.63, 3.8) is 0 Å². The van der Waals surface area contributed by atoms with Crippen molar-refractivity contribution in [2.75, 3.05) is 0 Å². The van der Waals surface area contributed by atoms with Gasteiger partial charge in [-0.1, -0.05) is 12.1 Å². The van der Waals surface area contributed by atoms with E-state index in [1.165, 1.54) is 36.5 Å². The second-order valence-corrected chi connectivity index (χ2v) is 5.92. The molecule has 0 radical (unpaired) electrons. The highest BCUT2D eigenvalue weighted by Crippen LogP contribution is 2.30. The smallest absolute Gasteiger partial charge is 0.406 e. The highest BCUT2D eigenvalue weighted by Gasteiger charge is 2.31. The Kier molecular flexibility index (Phi) is 5.68. The van der Waals surface area contributed by atoms with Crippen LogP contribution in [0.3, 0.4) is 0 Å². The van der Waals surface area contributed by atoms with Gasteiger partial charge in [-0.15, -0.1) is 26.3 Å². The Morgan fingerprint density at radius 2 is 1.20 bits per heavy atom. The number of nitrogens with zero attached hydrogens (tertiary/aromatic N) is 1. The number of pyridine rings is 1. The Morgan fingerprint density at radius 1 is 0.733 bits per heavy atom. The van der Waals surface area contributed by atoms with Gasteiger partial charge in [-0.2, -0.15) is 0 Å². The molecule has 0 atom stereocenters. The SMILES string of the molecule is O=Cc1cc(-c2ccc(OC(F)(F)F)cc2)ncc1-c1ccc(OC(F)(F)F)cc1. The first-order valence-electron chi connectivity index (χ1n) is 8.22. The summed E-state index contributed by atoms with van der Waals surface area (Å²) in [7, 11) is 0. The fourth-order valence-electron chi connectivity index (χ4n) is 2.63. The van der Waals surface area contributed by atoms with Crippen LogP contribution in [0.5, 0.6) is 11.5 Å². The van der Waals surface area contributed by atoms with Gasteiger partial charge in [0, 0.05) is 22.9 Å². The lowest BCUT2D eigenvalue weighted by Crippen LogP contribution is -2.17. The number of carbonyl (C=O) groups is 1. The molecule has 3 rings (SSSR count). The maximum Gasteiger partial charge on any atom is 0.573 e. The average molecular weight is 427 g/mol. The lowest BCUT2D eigenvalue weighted by Gasteiger charge is -2.11. The molecule has 0 amide bonds. The monoisotopic (exact) mass is 427 g/mol. The van der Waals surface area contributed by atoms with E-state index >= 15 is 0 Å². The van der Waals surface area contributed by atoms with Gasteiger partial charge in [-0.3, -0.25) is 9.78 Å². The third-order valence-electron chi connectivity index (χ3n) is 3.85. The highest BCUT2D eigenvalue weighted by atomic mass is 19.4. The molecule has 2 aromatic carbocycles. The summed E-state index contributed by atoms with van der Waals surface area (Å²) in [6, 6.07) is 11.2. The molecule has 0 unspecified atom stereocenters. The van der Waals surface area contributed by atoms with Crippen LogP contribution in [0.1, 0.15) is 10.4 Å². The minimum absolute atomic E-state index is 0.195. The van der Waals surface area contributed by atoms with Crippen molar-refractivity contribution in [3.8, 4) is 33.9 Å². The first kappa shape index (κ1) is 21.2. The van der Waals surface area contributed by atoms with E-state index in [1.54, 1.807) is 0 Å². The Balaban J connectivity index is 1.85. The van der Waals surface area contributed by atoms with Crippen LogP contribution in [-0.4, -0.2) is 24.0 Å². The summed E-state index contributed by atoms with van der Waals surface area (Å²) in [5.74, 6) is -0.815. The van der Waals surface area contributed by atoms with Gasteiger partial charge in [-0.05, 0) is 48.0 Å². The molecule has 0 bridgehead atoms. The minimum atomic E-state index is -4.82. The number of aldehydes is 1. The second-order valence-electron chi connectivity index (χ2n) is 5.92. The summed E-state index contributed by atoms with van der Waals surface area (Å²) in [4.78, 5) is 15.7. The summed E-state index contributed by atoms with van der Waals surface area (Å²) in [6.07, 6.45) is -7.74. The maximum absolute atomic E-state index is 12.3. The van der Waals surface area contributed by atoms with Crippen molar-refractivity contribution < 1.29 is 40.6 Å². The molecule has 4 nitrogen and oxygen atoms in total. The van der Waals surface area contributed by atoms with Gasteiger partial charge >= 0.3 is 12.7 Å². The largest absolute Gasteiger partial charge is 0.573 e. The van der Waals surface area contributed by atoms with Gasteiger partial charge in [0.2, 0.25) is 0 Å². The van der Waals surface area contributed by atoms with Crippen molar-refractivity contribution in [1.82, 2.24) is 4.98 Å². The van der Waals surface area contributed by atoms with Gasteiger partial charge in [-0.25, -0.2) is 0 Å². The molecule has 1 heterocycles.